The lowest BCUT2D eigenvalue weighted by Crippen LogP contribution is -2.31. The maximum atomic E-state index is 13.4. The molecule has 5 nitrogen and oxygen atoms in total. The van der Waals surface area contributed by atoms with Gasteiger partial charge in [0, 0.05) is 6.54 Å². The molecule has 0 amide bonds. The number of rotatable bonds is 6. The average Bonchev–Trinajstić information content (AvgIpc) is 2.84. The normalized spacial score (nSPS) is 11.4. The van der Waals surface area contributed by atoms with Crippen molar-refractivity contribution in [1.29, 1.82) is 0 Å². The molecule has 4 aromatic carbocycles. The number of fused-ring (bicyclic) bond motifs is 1. The molecule has 168 valence electrons. The number of esters is 1. The highest BCUT2D eigenvalue weighted by Crippen LogP contribution is 2.31. The number of hydrogen-bond acceptors (Lipinski definition) is 4. The van der Waals surface area contributed by atoms with Crippen molar-refractivity contribution >= 4 is 32.5 Å². The van der Waals surface area contributed by atoms with Gasteiger partial charge in [-0.15, -0.1) is 0 Å². The standard InChI is InChI=1S/C27H25NO4S/c1-4-28(33(30,31)23-17-12-19(2)26(18-23)27(29)32-3)22-15-13-21(14-16-22)25-11-7-9-20-8-5-6-10-24(20)25/h5-18H,4H2,1-3H3. The molecule has 0 N–H and O–H groups in total. The van der Waals surface area contributed by atoms with Gasteiger partial charge in [0.2, 0.25) is 0 Å². The molecule has 0 heterocycles. The molecule has 0 radical (unpaired) electrons. The Hall–Kier alpha value is -3.64. The monoisotopic (exact) mass is 459 g/mol. The fourth-order valence-electron chi connectivity index (χ4n) is 3.99. The summed E-state index contributed by atoms with van der Waals surface area (Å²) >= 11 is 0. The van der Waals surface area contributed by atoms with E-state index in [1.807, 2.05) is 42.5 Å². The van der Waals surface area contributed by atoms with Crippen molar-refractivity contribution in [2.75, 3.05) is 18.0 Å². The quantitative estimate of drug-likeness (QED) is 0.341. The summed E-state index contributed by atoms with van der Waals surface area (Å²) in [6.45, 7) is 3.77. The van der Waals surface area contributed by atoms with E-state index in [2.05, 4.69) is 24.3 Å². The first-order chi connectivity index (χ1) is 15.9. The lowest BCUT2D eigenvalue weighted by Gasteiger charge is -2.23. The largest absolute Gasteiger partial charge is 0.465 e. The van der Waals surface area contributed by atoms with E-state index < -0.39 is 16.0 Å². The molecule has 0 aromatic heterocycles. The van der Waals surface area contributed by atoms with Crippen molar-refractivity contribution in [3.63, 3.8) is 0 Å². The number of aryl methyl sites for hydroxylation is 1. The Labute approximate surface area is 194 Å². The van der Waals surface area contributed by atoms with Crippen LogP contribution in [-0.4, -0.2) is 28.0 Å². The SMILES string of the molecule is CCN(c1ccc(-c2cccc3ccccc23)cc1)S(=O)(=O)c1ccc(C)c(C(=O)OC)c1. The van der Waals surface area contributed by atoms with Gasteiger partial charge in [0.25, 0.3) is 10.0 Å². The Morgan fingerprint density at radius 2 is 1.61 bits per heavy atom. The zero-order chi connectivity index (χ0) is 23.6. The highest BCUT2D eigenvalue weighted by molar-refractivity contribution is 7.92. The summed E-state index contributed by atoms with van der Waals surface area (Å²) in [5.74, 6) is -0.563. The summed E-state index contributed by atoms with van der Waals surface area (Å²) in [7, 11) is -2.60. The van der Waals surface area contributed by atoms with E-state index in [-0.39, 0.29) is 17.0 Å². The van der Waals surface area contributed by atoms with Gasteiger partial charge < -0.3 is 4.74 Å². The van der Waals surface area contributed by atoms with Crippen molar-refractivity contribution < 1.29 is 17.9 Å². The maximum Gasteiger partial charge on any atom is 0.338 e. The smallest absolute Gasteiger partial charge is 0.338 e. The second-order valence-corrected chi connectivity index (χ2v) is 9.57. The fraction of sp³-hybridized carbons (Fsp3) is 0.148. The predicted octanol–water partition coefficient (Wildman–Crippen LogP) is 5.82. The number of nitrogens with zero attached hydrogens (tertiary/aromatic N) is 1. The van der Waals surface area contributed by atoms with Crippen molar-refractivity contribution in [3.8, 4) is 11.1 Å². The first-order valence-electron chi connectivity index (χ1n) is 10.7. The molecule has 0 aliphatic heterocycles. The van der Waals surface area contributed by atoms with E-state index in [9.17, 15) is 13.2 Å². The lowest BCUT2D eigenvalue weighted by molar-refractivity contribution is 0.0599. The highest BCUT2D eigenvalue weighted by atomic mass is 32.2. The van der Waals surface area contributed by atoms with Crippen LogP contribution < -0.4 is 4.31 Å². The minimum absolute atomic E-state index is 0.0495. The van der Waals surface area contributed by atoms with Crippen molar-refractivity contribution in [2.45, 2.75) is 18.7 Å². The molecule has 0 atom stereocenters. The Morgan fingerprint density at radius 3 is 2.30 bits per heavy atom. The van der Waals surface area contributed by atoms with Crippen molar-refractivity contribution in [2.24, 2.45) is 0 Å². The first kappa shape index (κ1) is 22.6. The summed E-state index contributed by atoms with van der Waals surface area (Å²) in [6.07, 6.45) is 0. The van der Waals surface area contributed by atoms with Crippen LogP contribution in [0.4, 0.5) is 5.69 Å². The second kappa shape index (κ2) is 9.08. The van der Waals surface area contributed by atoms with E-state index >= 15 is 0 Å². The highest BCUT2D eigenvalue weighted by Gasteiger charge is 2.25. The number of benzene rings is 4. The molecule has 33 heavy (non-hydrogen) atoms. The van der Waals surface area contributed by atoms with E-state index in [4.69, 9.17) is 4.74 Å². The summed E-state index contributed by atoms with van der Waals surface area (Å²) in [4.78, 5) is 12.1. The Bertz CT molecular complexity index is 1420. The molecular weight excluding hydrogens is 434 g/mol. The molecule has 4 rings (SSSR count). The lowest BCUT2D eigenvalue weighted by atomic mass is 9.98. The molecule has 4 aromatic rings. The third-order valence-electron chi connectivity index (χ3n) is 5.75. The van der Waals surface area contributed by atoms with Crippen LogP contribution in [0.3, 0.4) is 0 Å². The zero-order valence-corrected chi connectivity index (χ0v) is 19.6. The zero-order valence-electron chi connectivity index (χ0n) is 18.8. The average molecular weight is 460 g/mol. The molecule has 0 bridgehead atoms. The molecule has 0 saturated heterocycles. The molecule has 0 spiro atoms. The summed E-state index contributed by atoms with van der Waals surface area (Å²) in [5.41, 5.74) is 3.55. The number of methoxy groups -OCH3 is 1. The van der Waals surface area contributed by atoms with E-state index in [1.165, 1.54) is 23.5 Å². The number of carbonyl (C=O) groups excluding carboxylic acids is 1. The van der Waals surface area contributed by atoms with Crippen LogP contribution in [-0.2, 0) is 14.8 Å². The predicted molar refractivity (Wildman–Crippen MR) is 132 cm³/mol. The maximum absolute atomic E-state index is 13.4. The van der Waals surface area contributed by atoms with Gasteiger partial charge in [-0.1, -0.05) is 60.7 Å². The minimum Gasteiger partial charge on any atom is -0.465 e. The van der Waals surface area contributed by atoms with Crippen LogP contribution in [0, 0.1) is 6.92 Å². The fourth-order valence-corrected chi connectivity index (χ4v) is 5.49. The topological polar surface area (TPSA) is 63.7 Å². The number of carbonyl (C=O) groups is 1. The minimum atomic E-state index is -3.87. The Kier molecular flexibility index (Phi) is 6.20. The Balaban J connectivity index is 1.72. The van der Waals surface area contributed by atoms with Gasteiger partial charge >= 0.3 is 5.97 Å². The third kappa shape index (κ3) is 4.22. The molecule has 0 aliphatic carbocycles. The van der Waals surface area contributed by atoms with Crippen LogP contribution in [0.2, 0.25) is 0 Å². The van der Waals surface area contributed by atoms with Gasteiger partial charge in [-0.2, -0.15) is 0 Å². The van der Waals surface area contributed by atoms with Crippen LogP contribution in [0.25, 0.3) is 21.9 Å². The van der Waals surface area contributed by atoms with Gasteiger partial charge in [-0.25, -0.2) is 13.2 Å². The third-order valence-corrected chi connectivity index (χ3v) is 7.64. The van der Waals surface area contributed by atoms with Crippen molar-refractivity contribution in [3.05, 3.63) is 96.1 Å². The molecule has 0 unspecified atom stereocenters. The first-order valence-corrected chi connectivity index (χ1v) is 12.1. The molecule has 6 heteroatoms. The Morgan fingerprint density at radius 1 is 0.909 bits per heavy atom. The van der Waals surface area contributed by atoms with Gasteiger partial charge in [-0.3, -0.25) is 4.31 Å². The second-order valence-electron chi connectivity index (χ2n) is 7.71. The number of ether oxygens (including phenoxy) is 1. The summed E-state index contributed by atoms with van der Waals surface area (Å²) in [5, 5.41) is 2.29. The van der Waals surface area contributed by atoms with Crippen LogP contribution >= 0.6 is 0 Å². The van der Waals surface area contributed by atoms with Crippen LogP contribution in [0.5, 0.6) is 0 Å². The van der Waals surface area contributed by atoms with Gasteiger partial charge in [0.05, 0.1) is 23.3 Å². The van der Waals surface area contributed by atoms with E-state index in [0.717, 1.165) is 21.9 Å². The molecule has 0 fully saturated rings. The number of anilines is 1. The van der Waals surface area contributed by atoms with E-state index in [0.29, 0.717) is 11.3 Å². The molecule has 0 aliphatic rings. The van der Waals surface area contributed by atoms with E-state index in [1.54, 1.807) is 19.9 Å². The molecule has 0 saturated carbocycles. The number of sulfonamides is 1. The summed E-state index contributed by atoms with van der Waals surface area (Å²) < 4.78 is 33.0. The van der Waals surface area contributed by atoms with Crippen LogP contribution in [0.15, 0.2) is 89.8 Å². The van der Waals surface area contributed by atoms with Gasteiger partial charge in [-0.05, 0) is 65.6 Å². The van der Waals surface area contributed by atoms with Gasteiger partial charge in [0.1, 0.15) is 0 Å². The summed E-state index contributed by atoms with van der Waals surface area (Å²) in [6, 6.07) is 26.3. The van der Waals surface area contributed by atoms with Gasteiger partial charge in [0.15, 0.2) is 0 Å². The number of hydrogen-bond donors (Lipinski definition) is 0. The van der Waals surface area contributed by atoms with Crippen LogP contribution in [0.1, 0.15) is 22.8 Å². The molecular formula is C27H25NO4S. The van der Waals surface area contributed by atoms with Crippen molar-refractivity contribution in [1.82, 2.24) is 0 Å².